The molecule has 0 aliphatic heterocycles. The number of phenolic OH excluding ortho intramolecular Hbond substituents is 1. The van der Waals surface area contributed by atoms with Crippen molar-refractivity contribution in [2.75, 3.05) is 5.73 Å². The lowest BCUT2D eigenvalue weighted by atomic mass is 10.2. The number of hydrogen-bond acceptors (Lipinski definition) is 4. The fraction of sp³-hybridized carbons (Fsp3) is 0. The molecule has 0 saturated carbocycles. The second-order valence-corrected chi connectivity index (χ2v) is 4.72. The Balaban J connectivity index is 2.01. The monoisotopic (exact) mass is 286 g/mol. The van der Waals surface area contributed by atoms with Crippen molar-refractivity contribution in [1.29, 1.82) is 0 Å². The van der Waals surface area contributed by atoms with Gasteiger partial charge in [0.1, 0.15) is 5.75 Å². The van der Waals surface area contributed by atoms with Gasteiger partial charge in [-0.05, 0) is 30.3 Å². The summed E-state index contributed by atoms with van der Waals surface area (Å²) in [6, 6.07) is 12.1. The number of nitrogens with two attached hydrogens (primary N) is 1. The molecule has 3 aromatic rings. The van der Waals surface area contributed by atoms with Crippen LogP contribution in [0.25, 0.3) is 10.9 Å². The van der Waals surface area contributed by atoms with Crippen LogP contribution in [0.4, 0.5) is 5.69 Å². The van der Waals surface area contributed by atoms with Crippen molar-refractivity contribution in [1.82, 2.24) is 4.98 Å². The fourth-order valence-electron chi connectivity index (χ4n) is 1.94. The van der Waals surface area contributed by atoms with Crippen LogP contribution < -0.4 is 10.5 Å². The number of aromatic nitrogens is 1. The first-order valence-corrected chi connectivity index (χ1v) is 6.32. The quantitative estimate of drug-likeness (QED) is 0.700. The number of phenols is 1. The Morgan fingerprint density at radius 2 is 2.00 bits per heavy atom. The Morgan fingerprint density at radius 1 is 1.15 bits per heavy atom. The lowest BCUT2D eigenvalue weighted by Gasteiger charge is -2.10. The molecular formula is C15H11ClN2O2. The van der Waals surface area contributed by atoms with Crippen molar-refractivity contribution in [3.63, 3.8) is 0 Å². The van der Waals surface area contributed by atoms with E-state index in [2.05, 4.69) is 4.98 Å². The SMILES string of the molecule is Nc1cc(O)c(Oc2ccc3ncccc3c2)c(Cl)c1. The second kappa shape index (κ2) is 4.90. The molecule has 0 aliphatic carbocycles. The molecular weight excluding hydrogens is 276 g/mol. The summed E-state index contributed by atoms with van der Waals surface area (Å²) in [5.74, 6) is 0.651. The van der Waals surface area contributed by atoms with E-state index >= 15 is 0 Å². The smallest absolute Gasteiger partial charge is 0.187 e. The molecule has 4 nitrogen and oxygen atoms in total. The van der Waals surface area contributed by atoms with E-state index in [1.165, 1.54) is 12.1 Å². The Bertz CT molecular complexity index is 767. The van der Waals surface area contributed by atoms with Crippen molar-refractivity contribution in [2.24, 2.45) is 0 Å². The van der Waals surface area contributed by atoms with Crippen LogP contribution in [-0.2, 0) is 0 Å². The summed E-state index contributed by atoms with van der Waals surface area (Å²) in [7, 11) is 0. The minimum atomic E-state index is -0.0960. The number of benzene rings is 2. The predicted octanol–water partition coefficient (Wildman–Crippen LogP) is 3.97. The maximum Gasteiger partial charge on any atom is 0.187 e. The first kappa shape index (κ1) is 12.6. The highest BCUT2D eigenvalue weighted by atomic mass is 35.5. The van der Waals surface area contributed by atoms with Crippen molar-refractivity contribution < 1.29 is 9.84 Å². The van der Waals surface area contributed by atoms with E-state index in [1.807, 2.05) is 24.3 Å². The number of fused-ring (bicyclic) bond motifs is 1. The number of ether oxygens (including phenoxy) is 1. The maximum atomic E-state index is 9.84. The molecule has 3 N–H and O–H groups in total. The zero-order valence-electron chi connectivity index (χ0n) is 10.4. The van der Waals surface area contributed by atoms with E-state index in [0.29, 0.717) is 11.4 Å². The molecule has 0 aliphatic rings. The van der Waals surface area contributed by atoms with Crippen LogP contribution in [0, 0.1) is 0 Å². The summed E-state index contributed by atoms with van der Waals surface area (Å²) in [6.07, 6.45) is 1.73. The molecule has 2 aromatic carbocycles. The first-order chi connectivity index (χ1) is 9.63. The van der Waals surface area contributed by atoms with Gasteiger partial charge in [-0.1, -0.05) is 17.7 Å². The minimum Gasteiger partial charge on any atom is -0.504 e. The van der Waals surface area contributed by atoms with Crippen LogP contribution in [0.5, 0.6) is 17.2 Å². The third-order valence-electron chi connectivity index (χ3n) is 2.84. The molecule has 5 heteroatoms. The predicted molar refractivity (Wildman–Crippen MR) is 79.3 cm³/mol. The zero-order valence-corrected chi connectivity index (χ0v) is 11.1. The summed E-state index contributed by atoms with van der Waals surface area (Å²) in [5.41, 5.74) is 6.83. The van der Waals surface area contributed by atoms with Gasteiger partial charge >= 0.3 is 0 Å². The van der Waals surface area contributed by atoms with E-state index in [0.717, 1.165) is 10.9 Å². The van der Waals surface area contributed by atoms with E-state index in [-0.39, 0.29) is 16.5 Å². The third-order valence-corrected chi connectivity index (χ3v) is 3.12. The van der Waals surface area contributed by atoms with E-state index < -0.39 is 0 Å². The summed E-state index contributed by atoms with van der Waals surface area (Å²) in [4.78, 5) is 4.23. The molecule has 0 spiro atoms. The number of nitrogens with zero attached hydrogens (tertiary/aromatic N) is 1. The van der Waals surface area contributed by atoms with Gasteiger partial charge < -0.3 is 15.6 Å². The molecule has 0 fully saturated rings. The normalized spacial score (nSPS) is 10.7. The zero-order chi connectivity index (χ0) is 14.1. The van der Waals surface area contributed by atoms with Crippen molar-refractivity contribution in [3.8, 4) is 17.2 Å². The number of anilines is 1. The van der Waals surface area contributed by atoms with Gasteiger partial charge in [0, 0.05) is 23.3 Å². The van der Waals surface area contributed by atoms with Crippen molar-refractivity contribution >= 4 is 28.2 Å². The summed E-state index contributed by atoms with van der Waals surface area (Å²) in [5, 5.41) is 11.0. The summed E-state index contributed by atoms with van der Waals surface area (Å²) < 4.78 is 5.64. The highest BCUT2D eigenvalue weighted by molar-refractivity contribution is 6.32. The Hall–Kier alpha value is -2.46. The van der Waals surface area contributed by atoms with Gasteiger partial charge in [-0.2, -0.15) is 0 Å². The number of rotatable bonds is 2. The van der Waals surface area contributed by atoms with Crippen LogP contribution >= 0.6 is 11.6 Å². The highest BCUT2D eigenvalue weighted by Gasteiger charge is 2.11. The molecule has 3 rings (SSSR count). The van der Waals surface area contributed by atoms with Crippen LogP contribution in [0.3, 0.4) is 0 Å². The minimum absolute atomic E-state index is 0.0960. The standard InChI is InChI=1S/C15H11ClN2O2/c16-12-7-10(17)8-14(19)15(12)20-11-3-4-13-9(6-11)2-1-5-18-13/h1-8,19H,17H2. The second-order valence-electron chi connectivity index (χ2n) is 4.31. The van der Waals surface area contributed by atoms with Crippen LogP contribution in [0.1, 0.15) is 0 Å². The average molecular weight is 287 g/mol. The van der Waals surface area contributed by atoms with Crippen molar-refractivity contribution in [3.05, 3.63) is 53.7 Å². The Morgan fingerprint density at radius 3 is 2.80 bits per heavy atom. The van der Waals surface area contributed by atoms with Gasteiger partial charge in [-0.15, -0.1) is 0 Å². The lowest BCUT2D eigenvalue weighted by molar-refractivity contribution is 0.412. The number of hydrogen-bond donors (Lipinski definition) is 2. The van der Waals surface area contributed by atoms with Crippen molar-refractivity contribution in [2.45, 2.75) is 0 Å². The largest absolute Gasteiger partial charge is 0.504 e. The number of nitrogen functional groups attached to an aromatic ring is 1. The lowest BCUT2D eigenvalue weighted by Crippen LogP contribution is -1.90. The topological polar surface area (TPSA) is 68.4 Å². The molecule has 0 atom stereocenters. The van der Waals surface area contributed by atoms with Gasteiger partial charge in [0.25, 0.3) is 0 Å². The first-order valence-electron chi connectivity index (χ1n) is 5.94. The number of aromatic hydroxyl groups is 1. The Labute approximate surface area is 120 Å². The number of pyridine rings is 1. The maximum absolute atomic E-state index is 9.84. The van der Waals surface area contributed by atoms with Gasteiger partial charge in [0.2, 0.25) is 0 Å². The number of halogens is 1. The van der Waals surface area contributed by atoms with Crippen LogP contribution in [0.15, 0.2) is 48.7 Å². The molecule has 0 unspecified atom stereocenters. The highest BCUT2D eigenvalue weighted by Crippen LogP contribution is 2.39. The summed E-state index contributed by atoms with van der Waals surface area (Å²) in [6.45, 7) is 0. The molecule has 0 saturated heterocycles. The van der Waals surface area contributed by atoms with E-state index in [4.69, 9.17) is 22.1 Å². The van der Waals surface area contributed by atoms with E-state index in [1.54, 1.807) is 12.3 Å². The van der Waals surface area contributed by atoms with Crippen LogP contribution in [0.2, 0.25) is 5.02 Å². The molecule has 1 aromatic heterocycles. The third kappa shape index (κ3) is 2.33. The van der Waals surface area contributed by atoms with Gasteiger partial charge in [-0.25, -0.2) is 0 Å². The average Bonchev–Trinajstić information content (AvgIpc) is 2.42. The van der Waals surface area contributed by atoms with Gasteiger partial charge in [0.15, 0.2) is 11.5 Å². The molecule has 1 heterocycles. The fourth-order valence-corrected chi connectivity index (χ4v) is 2.20. The molecule has 0 amide bonds. The summed E-state index contributed by atoms with van der Waals surface area (Å²) >= 11 is 6.03. The van der Waals surface area contributed by atoms with E-state index in [9.17, 15) is 5.11 Å². The van der Waals surface area contributed by atoms with Gasteiger partial charge in [-0.3, -0.25) is 4.98 Å². The molecule has 100 valence electrons. The van der Waals surface area contributed by atoms with Crippen LogP contribution in [-0.4, -0.2) is 10.1 Å². The molecule has 0 bridgehead atoms. The Kier molecular flexibility index (Phi) is 3.08. The molecule has 20 heavy (non-hydrogen) atoms. The molecule has 0 radical (unpaired) electrons. The van der Waals surface area contributed by atoms with Gasteiger partial charge in [0.05, 0.1) is 10.5 Å².